The SMILES string of the molecule is O=C(NNC(=O)C1CC1)C1CCCCC1. The average Bonchev–Trinajstić information content (AvgIpc) is 3.10. The van der Waals surface area contributed by atoms with Gasteiger partial charge in [-0.15, -0.1) is 0 Å². The van der Waals surface area contributed by atoms with Gasteiger partial charge in [-0.1, -0.05) is 19.3 Å². The number of nitrogens with one attached hydrogen (secondary N) is 2. The number of amides is 2. The Morgan fingerprint density at radius 3 is 1.67 bits per heavy atom. The monoisotopic (exact) mass is 210 g/mol. The Bertz CT molecular complexity index is 255. The molecule has 0 heterocycles. The third-order valence-electron chi connectivity index (χ3n) is 3.23. The topological polar surface area (TPSA) is 58.2 Å². The van der Waals surface area contributed by atoms with E-state index in [2.05, 4.69) is 10.9 Å². The molecule has 0 radical (unpaired) electrons. The zero-order valence-corrected chi connectivity index (χ0v) is 8.92. The molecule has 0 aromatic heterocycles. The van der Waals surface area contributed by atoms with E-state index in [4.69, 9.17) is 0 Å². The summed E-state index contributed by atoms with van der Waals surface area (Å²) in [5.74, 6) is 0.220. The normalized spacial score (nSPS) is 22.1. The van der Waals surface area contributed by atoms with E-state index in [1.807, 2.05) is 0 Å². The minimum absolute atomic E-state index is 0.0105. The van der Waals surface area contributed by atoms with Crippen molar-refractivity contribution in [2.75, 3.05) is 0 Å². The Labute approximate surface area is 89.8 Å². The van der Waals surface area contributed by atoms with Crippen LogP contribution in [0, 0.1) is 11.8 Å². The zero-order chi connectivity index (χ0) is 10.7. The molecule has 0 saturated heterocycles. The Hall–Kier alpha value is -1.06. The van der Waals surface area contributed by atoms with Crippen LogP contribution < -0.4 is 10.9 Å². The lowest BCUT2D eigenvalue weighted by Crippen LogP contribution is -2.45. The second-order valence-electron chi connectivity index (χ2n) is 4.59. The number of hydrogen-bond acceptors (Lipinski definition) is 2. The highest BCUT2D eigenvalue weighted by atomic mass is 16.2. The Morgan fingerprint density at radius 1 is 0.733 bits per heavy atom. The summed E-state index contributed by atoms with van der Waals surface area (Å²) in [6.45, 7) is 0. The first-order valence-corrected chi connectivity index (χ1v) is 5.87. The van der Waals surface area contributed by atoms with Crippen molar-refractivity contribution in [2.45, 2.75) is 44.9 Å². The van der Waals surface area contributed by atoms with Gasteiger partial charge < -0.3 is 0 Å². The molecule has 0 aromatic rings. The Kier molecular flexibility index (Phi) is 3.23. The van der Waals surface area contributed by atoms with Crippen molar-refractivity contribution in [2.24, 2.45) is 11.8 Å². The zero-order valence-electron chi connectivity index (χ0n) is 8.92. The number of hydrazine groups is 1. The molecule has 2 aliphatic carbocycles. The second-order valence-corrected chi connectivity index (χ2v) is 4.59. The molecule has 2 fully saturated rings. The lowest BCUT2D eigenvalue weighted by Gasteiger charge is -2.20. The van der Waals surface area contributed by atoms with Crippen molar-refractivity contribution in [1.29, 1.82) is 0 Å². The molecule has 2 N–H and O–H groups in total. The first-order valence-electron chi connectivity index (χ1n) is 5.87. The summed E-state index contributed by atoms with van der Waals surface area (Å²) in [4.78, 5) is 22.9. The van der Waals surface area contributed by atoms with Crippen LogP contribution in [0.1, 0.15) is 44.9 Å². The summed E-state index contributed by atoms with van der Waals surface area (Å²) < 4.78 is 0. The third-order valence-corrected chi connectivity index (χ3v) is 3.23. The average molecular weight is 210 g/mol. The van der Waals surface area contributed by atoms with Gasteiger partial charge >= 0.3 is 0 Å². The summed E-state index contributed by atoms with van der Waals surface area (Å²) >= 11 is 0. The molecule has 0 spiro atoms. The van der Waals surface area contributed by atoms with Crippen LogP contribution in [0.4, 0.5) is 0 Å². The molecule has 84 valence electrons. The Morgan fingerprint density at radius 2 is 1.20 bits per heavy atom. The highest BCUT2D eigenvalue weighted by molar-refractivity contribution is 5.85. The van der Waals surface area contributed by atoms with E-state index in [-0.39, 0.29) is 23.7 Å². The van der Waals surface area contributed by atoms with Gasteiger partial charge in [-0.05, 0) is 25.7 Å². The summed E-state index contributed by atoms with van der Waals surface area (Å²) in [6.07, 6.45) is 7.36. The molecule has 15 heavy (non-hydrogen) atoms. The van der Waals surface area contributed by atoms with Crippen molar-refractivity contribution in [3.05, 3.63) is 0 Å². The molecule has 0 atom stereocenters. The second kappa shape index (κ2) is 4.64. The van der Waals surface area contributed by atoms with Gasteiger partial charge in [0, 0.05) is 11.8 Å². The van der Waals surface area contributed by atoms with Gasteiger partial charge in [0.2, 0.25) is 11.8 Å². The number of hydrogen-bond donors (Lipinski definition) is 2. The smallest absolute Gasteiger partial charge is 0.241 e. The minimum atomic E-state index is -0.0286. The van der Waals surface area contributed by atoms with Gasteiger partial charge in [0.05, 0.1) is 0 Å². The van der Waals surface area contributed by atoms with Gasteiger partial charge in [-0.3, -0.25) is 20.4 Å². The molecule has 0 bridgehead atoms. The molecular formula is C11H18N2O2. The molecular weight excluding hydrogens is 192 g/mol. The van der Waals surface area contributed by atoms with Gasteiger partial charge in [0.1, 0.15) is 0 Å². The van der Waals surface area contributed by atoms with Crippen LogP contribution in [-0.2, 0) is 9.59 Å². The highest BCUT2D eigenvalue weighted by Gasteiger charge is 2.30. The van der Waals surface area contributed by atoms with E-state index in [9.17, 15) is 9.59 Å². The van der Waals surface area contributed by atoms with E-state index < -0.39 is 0 Å². The van der Waals surface area contributed by atoms with Crippen LogP contribution >= 0.6 is 0 Å². The van der Waals surface area contributed by atoms with Crippen molar-refractivity contribution in [3.8, 4) is 0 Å². The molecule has 2 amide bonds. The van der Waals surface area contributed by atoms with Crippen LogP contribution in [-0.4, -0.2) is 11.8 Å². The maximum atomic E-state index is 11.6. The molecule has 4 nitrogen and oxygen atoms in total. The highest BCUT2D eigenvalue weighted by Crippen LogP contribution is 2.28. The van der Waals surface area contributed by atoms with E-state index >= 15 is 0 Å². The molecule has 4 heteroatoms. The van der Waals surface area contributed by atoms with Crippen LogP contribution in [0.15, 0.2) is 0 Å². The predicted octanol–water partition coefficient (Wildman–Crippen LogP) is 1.12. The standard InChI is InChI=1S/C11H18N2O2/c14-10(8-4-2-1-3-5-8)12-13-11(15)9-6-7-9/h8-9H,1-7H2,(H,12,14)(H,13,15). The molecule has 0 unspecified atom stereocenters. The summed E-state index contributed by atoms with van der Waals surface area (Å²) in [5.41, 5.74) is 5.04. The van der Waals surface area contributed by atoms with Crippen LogP contribution in [0.25, 0.3) is 0 Å². The fourth-order valence-electron chi connectivity index (χ4n) is 2.04. The molecule has 0 aliphatic heterocycles. The van der Waals surface area contributed by atoms with Gasteiger partial charge in [0.25, 0.3) is 0 Å². The number of carbonyl (C=O) groups excluding carboxylic acids is 2. The largest absolute Gasteiger partial charge is 0.273 e. The summed E-state index contributed by atoms with van der Waals surface area (Å²) in [5, 5.41) is 0. The van der Waals surface area contributed by atoms with Crippen molar-refractivity contribution in [1.82, 2.24) is 10.9 Å². The van der Waals surface area contributed by atoms with E-state index in [1.165, 1.54) is 6.42 Å². The van der Waals surface area contributed by atoms with E-state index in [1.54, 1.807) is 0 Å². The number of carbonyl (C=O) groups is 2. The van der Waals surface area contributed by atoms with E-state index in [0.717, 1.165) is 38.5 Å². The lowest BCUT2D eigenvalue weighted by molar-refractivity contribution is -0.132. The molecule has 0 aromatic carbocycles. The Balaban J connectivity index is 1.68. The van der Waals surface area contributed by atoms with Crippen molar-refractivity contribution < 1.29 is 9.59 Å². The van der Waals surface area contributed by atoms with Gasteiger partial charge in [0.15, 0.2) is 0 Å². The first kappa shape index (κ1) is 10.5. The quantitative estimate of drug-likeness (QED) is 0.671. The summed E-state index contributed by atoms with van der Waals surface area (Å²) in [6, 6.07) is 0. The molecule has 2 saturated carbocycles. The summed E-state index contributed by atoms with van der Waals surface area (Å²) in [7, 11) is 0. The van der Waals surface area contributed by atoms with Gasteiger partial charge in [-0.2, -0.15) is 0 Å². The van der Waals surface area contributed by atoms with Crippen LogP contribution in [0.2, 0.25) is 0 Å². The van der Waals surface area contributed by atoms with Crippen molar-refractivity contribution in [3.63, 3.8) is 0 Å². The van der Waals surface area contributed by atoms with Crippen LogP contribution in [0.5, 0.6) is 0 Å². The fourth-order valence-corrected chi connectivity index (χ4v) is 2.04. The number of rotatable bonds is 2. The first-order chi connectivity index (χ1) is 7.27. The van der Waals surface area contributed by atoms with Gasteiger partial charge in [-0.25, -0.2) is 0 Å². The lowest BCUT2D eigenvalue weighted by atomic mass is 9.89. The van der Waals surface area contributed by atoms with Crippen LogP contribution in [0.3, 0.4) is 0 Å². The maximum Gasteiger partial charge on any atom is 0.241 e. The maximum absolute atomic E-state index is 11.6. The van der Waals surface area contributed by atoms with E-state index in [0.29, 0.717) is 0 Å². The predicted molar refractivity (Wildman–Crippen MR) is 55.6 cm³/mol. The molecule has 2 rings (SSSR count). The fraction of sp³-hybridized carbons (Fsp3) is 0.818. The molecule has 2 aliphatic rings. The van der Waals surface area contributed by atoms with Crippen molar-refractivity contribution >= 4 is 11.8 Å². The third kappa shape index (κ3) is 2.94. The minimum Gasteiger partial charge on any atom is -0.273 e.